The van der Waals surface area contributed by atoms with Crippen LogP contribution in [0.4, 0.5) is 0 Å². The summed E-state index contributed by atoms with van der Waals surface area (Å²) >= 11 is 0. The number of benzene rings is 1. The number of ether oxygens (including phenoxy) is 2. The van der Waals surface area contributed by atoms with Crippen molar-refractivity contribution in [3.8, 4) is 5.75 Å². The number of methoxy groups -OCH3 is 1. The van der Waals surface area contributed by atoms with Crippen LogP contribution >= 0.6 is 0 Å². The van der Waals surface area contributed by atoms with Gasteiger partial charge in [-0.2, -0.15) is 5.10 Å². The minimum Gasteiger partial charge on any atom is -0.497 e. The van der Waals surface area contributed by atoms with Gasteiger partial charge in [-0.3, -0.25) is 9.59 Å². The van der Waals surface area contributed by atoms with Crippen molar-refractivity contribution in [1.29, 1.82) is 0 Å². The van der Waals surface area contributed by atoms with Crippen molar-refractivity contribution in [2.75, 3.05) is 13.7 Å². The molecular formula is C18H26N2O4. The molecule has 0 bridgehead atoms. The highest BCUT2D eigenvalue weighted by atomic mass is 16.5. The van der Waals surface area contributed by atoms with Gasteiger partial charge in [0.25, 0.3) is 0 Å². The van der Waals surface area contributed by atoms with Crippen LogP contribution in [0.3, 0.4) is 0 Å². The Morgan fingerprint density at radius 1 is 1.21 bits per heavy atom. The lowest BCUT2D eigenvalue weighted by atomic mass is 9.99. The van der Waals surface area contributed by atoms with Gasteiger partial charge in [0.15, 0.2) is 0 Å². The molecule has 0 aromatic heterocycles. The van der Waals surface area contributed by atoms with E-state index in [4.69, 9.17) is 9.47 Å². The maximum absolute atomic E-state index is 12.0. The van der Waals surface area contributed by atoms with E-state index >= 15 is 0 Å². The summed E-state index contributed by atoms with van der Waals surface area (Å²) < 4.78 is 10.1. The minimum atomic E-state index is -0.420. The van der Waals surface area contributed by atoms with E-state index < -0.39 is 5.92 Å². The summed E-state index contributed by atoms with van der Waals surface area (Å²) in [5, 5.41) is 4.07. The lowest BCUT2D eigenvalue weighted by Gasteiger charge is -2.14. The van der Waals surface area contributed by atoms with Crippen LogP contribution in [0.15, 0.2) is 29.4 Å². The Labute approximate surface area is 143 Å². The highest BCUT2D eigenvalue weighted by molar-refractivity contribution is 6.01. The maximum Gasteiger partial charge on any atom is 0.314 e. The van der Waals surface area contributed by atoms with E-state index in [1.54, 1.807) is 33.1 Å². The zero-order valence-corrected chi connectivity index (χ0v) is 14.8. The maximum atomic E-state index is 12.0. The number of nitrogens with zero attached hydrogens (tertiary/aromatic N) is 1. The zero-order valence-electron chi connectivity index (χ0n) is 14.8. The van der Waals surface area contributed by atoms with Crippen LogP contribution in [0, 0.1) is 5.92 Å². The summed E-state index contributed by atoms with van der Waals surface area (Å²) in [5.41, 5.74) is 3.92. The second-order valence-corrected chi connectivity index (χ2v) is 5.41. The normalized spacial score (nSPS) is 12.4. The van der Waals surface area contributed by atoms with Gasteiger partial charge < -0.3 is 9.47 Å². The third-order valence-electron chi connectivity index (χ3n) is 3.53. The van der Waals surface area contributed by atoms with Crippen LogP contribution in [0.2, 0.25) is 0 Å². The van der Waals surface area contributed by atoms with Gasteiger partial charge in [0.05, 0.1) is 26.1 Å². The second kappa shape index (κ2) is 10.4. The number of amides is 1. The molecule has 1 amide bonds. The number of hydrogen-bond acceptors (Lipinski definition) is 5. The zero-order chi connectivity index (χ0) is 17.9. The molecule has 0 radical (unpaired) electrons. The van der Waals surface area contributed by atoms with E-state index in [1.807, 2.05) is 19.1 Å². The van der Waals surface area contributed by atoms with E-state index in [9.17, 15) is 9.59 Å². The van der Waals surface area contributed by atoms with E-state index in [2.05, 4.69) is 10.5 Å². The molecular weight excluding hydrogens is 308 g/mol. The third kappa shape index (κ3) is 6.40. The van der Waals surface area contributed by atoms with Crippen molar-refractivity contribution in [2.24, 2.45) is 11.0 Å². The molecule has 1 rings (SSSR count). The monoisotopic (exact) mass is 334 g/mol. The first-order chi connectivity index (χ1) is 11.5. The Morgan fingerprint density at radius 3 is 2.42 bits per heavy atom. The lowest BCUT2D eigenvalue weighted by molar-refractivity contribution is -0.145. The van der Waals surface area contributed by atoms with E-state index in [1.165, 1.54) is 0 Å². The molecule has 1 aromatic carbocycles. The Balaban J connectivity index is 2.63. The van der Waals surface area contributed by atoms with Gasteiger partial charge in [-0.15, -0.1) is 0 Å². The van der Waals surface area contributed by atoms with Crippen molar-refractivity contribution in [2.45, 2.75) is 40.0 Å². The van der Waals surface area contributed by atoms with Gasteiger partial charge in [-0.05, 0) is 38.0 Å². The Kier molecular flexibility index (Phi) is 8.54. The van der Waals surface area contributed by atoms with Gasteiger partial charge in [0.1, 0.15) is 5.75 Å². The van der Waals surface area contributed by atoms with E-state index in [-0.39, 0.29) is 18.3 Å². The molecule has 1 aromatic rings. The summed E-state index contributed by atoms with van der Waals surface area (Å²) in [7, 11) is 1.59. The van der Waals surface area contributed by atoms with Crippen LogP contribution in [-0.2, 0) is 20.7 Å². The third-order valence-corrected chi connectivity index (χ3v) is 3.53. The van der Waals surface area contributed by atoms with Crippen molar-refractivity contribution in [3.63, 3.8) is 0 Å². The summed E-state index contributed by atoms with van der Waals surface area (Å²) in [6.07, 6.45) is 1.68. The molecule has 1 atom stereocenters. The number of esters is 1. The van der Waals surface area contributed by atoms with Gasteiger partial charge >= 0.3 is 5.97 Å². The number of carbonyl (C=O) groups excluding carboxylic acids is 2. The van der Waals surface area contributed by atoms with Crippen molar-refractivity contribution in [3.05, 3.63) is 29.8 Å². The molecule has 0 saturated heterocycles. The quantitative estimate of drug-likeness (QED) is 0.428. The summed E-state index contributed by atoms with van der Waals surface area (Å²) in [4.78, 5) is 23.9. The molecule has 0 aliphatic heterocycles. The Hall–Kier alpha value is -2.37. The Bertz CT molecular complexity index is 567. The number of hydrogen-bond donors (Lipinski definition) is 1. The van der Waals surface area contributed by atoms with Gasteiger partial charge in [-0.25, -0.2) is 5.43 Å². The molecule has 6 nitrogen and oxygen atoms in total. The largest absolute Gasteiger partial charge is 0.497 e. The molecule has 1 unspecified atom stereocenters. The number of hydrazone groups is 1. The summed E-state index contributed by atoms with van der Waals surface area (Å²) in [6, 6.07) is 7.26. The fraction of sp³-hybridized carbons (Fsp3) is 0.500. The average Bonchev–Trinajstić information content (AvgIpc) is 2.58. The highest BCUT2D eigenvalue weighted by Crippen LogP contribution is 2.12. The highest BCUT2D eigenvalue weighted by Gasteiger charge is 2.22. The van der Waals surface area contributed by atoms with E-state index in [0.717, 1.165) is 17.7 Å². The Morgan fingerprint density at radius 2 is 1.88 bits per heavy atom. The summed E-state index contributed by atoms with van der Waals surface area (Å²) in [5.74, 6) is -0.218. The lowest BCUT2D eigenvalue weighted by Crippen LogP contribution is -2.28. The topological polar surface area (TPSA) is 77.0 Å². The summed E-state index contributed by atoms with van der Waals surface area (Å²) in [6.45, 7) is 5.81. The van der Waals surface area contributed by atoms with Crippen LogP contribution in [-0.4, -0.2) is 31.3 Å². The standard InChI is InChI=1S/C18H26N2O4/c1-5-7-16(18(22)24-6-2)13(3)19-20-17(21)12-14-8-10-15(23-4)11-9-14/h8-11,16H,5-7,12H2,1-4H3,(H,20,21). The molecule has 0 spiro atoms. The van der Waals surface area contributed by atoms with Gasteiger partial charge in [-0.1, -0.05) is 25.5 Å². The molecule has 0 heterocycles. The predicted molar refractivity (Wildman–Crippen MR) is 93.0 cm³/mol. The molecule has 0 saturated carbocycles. The minimum absolute atomic E-state index is 0.207. The van der Waals surface area contributed by atoms with Crippen LogP contribution in [0.5, 0.6) is 5.75 Å². The van der Waals surface area contributed by atoms with Crippen LogP contribution in [0.25, 0.3) is 0 Å². The number of carbonyl (C=O) groups is 2. The van der Waals surface area contributed by atoms with Crippen molar-refractivity contribution < 1.29 is 19.1 Å². The van der Waals surface area contributed by atoms with Gasteiger partial charge in [0, 0.05) is 5.71 Å². The first kappa shape index (κ1) is 19.7. The SMILES string of the molecule is CCCC(C(=O)OCC)C(C)=NNC(=O)Cc1ccc(OC)cc1. The van der Waals surface area contributed by atoms with Crippen molar-refractivity contribution in [1.82, 2.24) is 5.43 Å². The molecule has 0 fully saturated rings. The number of nitrogens with one attached hydrogen (secondary N) is 1. The fourth-order valence-corrected chi connectivity index (χ4v) is 2.23. The molecule has 24 heavy (non-hydrogen) atoms. The van der Waals surface area contributed by atoms with Gasteiger partial charge in [0.2, 0.25) is 5.91 Å². The smallest absolute Gasteiger partial charge is 0.314 e. The second-order valence-electron chi connectivity index (χ2n) is 5.41. The number of rotatable bonds is 9. The predicted octanol–water partition coefficient (Wildman–Crippen LogP) is 2.71. The first-order valence-corrected chi connectivity index (χ1v) is 8.14. The molecule has 1 N–H and O–H groups in total. The van der Waals surface area contributed by atoms with Crippen LogP contribution in [0.1, 0.15) is 39.2 Å². The molecule has 132 valence electrons. The van der Waals surface area contributed by atoms with Crippen molar-refractivity contribution >= 4 is 17.6 Å². The first-order valence-electron chi connectivity index (χ1n) is 8.14. The van der Waals surface area contributed by atoms with Crippen LogP contribution < -0.4 is 10.2 Å². The molecule has 0 aliphatic rings. The molecule has 0 aliphatic carbocycles. The average molecular weight is 334 g/mol. The van der Waals surface area contributed by atoms with E-state index in [0.29, 0.717) is 18.7 Å². The molecule has 6 heteroatoms. The fourth-order valence-electron chi connectivity index (χ4n) is 2.23.